The van der Waals surface area contributed by atoms with E-state index in [0.29, 0.717) is 0 Å². The van der Waals surface area contributed by atoms with Crippen LogP contribution in [0.3, 0.4) is 0 Å². The minimum atomic E-state index is -4.94. The molecule has 0 N–H and O–H groups in total. The molecular weight excluding hydrogens is 244 g/mol. The van der Waals surface area contributed by atoms with Crippen LogP contribution < -0.4 is 18.6 Å². The molecule has 0 aliphatic rings. The normalized spacial score (nSPS) is 9.54. The maximum atomic E-state index is 8.49. The van der Waals surface area contributed by atoms with Crippen LogP contribution in [-0.4, -0.2) is 24.9 Å². The van der Waals surface area contributed by atoms with E-state index in [4.69, 9.17) is 41.8 Å². The van der Waals surface area contributed by atoms with Crippen LogP contribution in [0.4, 0.5) is 0 Å². The Bertz CT molecular complexity index is 168. The van der Waals surface area contributed by atoms with Crippen molar-refractivity contribution in [3.05, 3.63) is 10.6 Å². The molecule has 78 valence electrons. The van der Waals surface area contributed by atoms with E-state index in [1.54, 1.807) is 12.3 Å². The van der Waals surface area contributed by atoms with Gasteiger partial charge in [-0.2, -0.15) is 0 Å². The Labute approximate surface area is 87.9 Å². The summed E-state index contributed by atoms with van der Waals surface area (Å²) in [6, 6.07) is 0. The van der Waals surface area contributed by atoms with Crippen molar-refractivity contribution in [2.24, 2.45) is 0 Å². The van der Waals surface area contributed by atoms with Gasteiger partial charge < -0.3 is 0 Å². The maximum absolute atomic E-state index is 8.49. The van der Waals surface area contributed by atoms with Crippen LogP contribution in [0.1, 0.15) is 0 Å². The Morgan fingerprint density at radius 3 is 1.54 bits per heavy atom. The molecule has 0 aromatic heterocycles. The molecule has 0 aromatic rings. The molecule has 0 fully saturated rings. The van der Waals surface area contributed by atoms with Gasteiger partial charge in [0.05, 0.1) is 0 Å². The summed E-state index contributed by atoms with van der Waals surface area (Å²) in [6.07, 6.45) is 3.39. The van der Waals surface area contributed by atoms with Gasteiger partial charge >= 0.3 is 0 Å². The summed E-state index contributed by atoms with van der Waals surface area (Å²) in [5.74, 6) is 0. The summed E-state index contributed by atoms with van der Waals surface area (Å²) in [7, 11) is -1.15. The third-order valence-corrected chi connectivity index (χ3v) is 0.751. The molecule has 0 radical (unpaired) electrons. The van der Waals surface area contributed by atoms with Crippen LogP contribution in [0.25, 0.3) is 0 Å². The largest absolute Gasteiger partial charge is 0.241 e. The van der Waals surface area contributed by atoms with E-state index in [1.807, 2.05) is 18.7 Å². The predicted molar refractivity (Wildman–Crippen MR) is 38.0 cm³/mol. The summed E-state index contributed by atoms with van der Waals surface area (Å²) in [5.41, 5.74) is 0. The Morgan fingerprint density at radius 1 is 1.15 bits per heavy atom. The molecule has 0 amide bonds. The van der Waals surface area contributed by atoms with Crippen molar-refractivity contribution in [1.82, 2.24) is 0 Å². The minimum absolute atomic E-state index is 0.277. The number of halogens is 3. The Balaban J connectivity index is 0. The molecule has 13 heavy (non-hydrogen) atoms. The third kappa shape index (κ3) is 47.4. The van der Waals surface area contributed by atoms with Gasteiger partial charge in [0, 0.05) is 6.08 Å². The van der Waals surface area contributed by atoms with Crippen molar-refractivity contribution >= 4 is 29.4 Å². The Morgan fingerprint density at radius 2 is 1.46 bits per heavy atom. The molecule has 0 atom stereocenters. The van der Waals surface area contributed by atoms with Crippen molar-refractivity contribution in [2.75, 3.05) is 14.1 Å². The van der Waals surface area contributed by atoms with Gasteiger partial charge in [-0.3, -0.25) is 0 Å². The van der Waals surface area contributed by atoms with Crippen molar-refractivity contribution in [2.45, 2.75) is 0 Å². The molecule has 0 aromatic carbocycles. The van der Waals surface area contributed by atoms with Gasteiger partial charge in [-0.15, -0.1) is 10.2 Å². The summed E-state index contributed by atoms with van der Waals surface area (Å²) in [6.45, 7) is 0. The van der Waals surface area contributed by atoms with Gasteiger partial charge in [-0.1, -0.05) is 23.2 Å². The summed E-state index contributed by atoms with van der Waals surface area (Å²) >= 11 is 10.6. The molecule has 0 saturated carbocycles. The molecule has 0 unspecified atom stereocenters. The van der Waals surface area contributed by atoms with Gasteiger partial charge in [0.25, 0.3) is 0 Å². The Kier molecular flexibility index (Phi) is 9.01. The lowest BCUT2D eigenvalue weighted by atomic mass is 10.7. The highest BCUT2D eigenvalue weighted by atomic mass is 35.7. The first-order valence-corrected chi connectivity index (χ1v) is 4.76. The topological polar surface area (TPSA) is 95.2 Å². The summed E-state index contributed by atoms with van der Waals surface area (Å²) in [5, 5.41) is 0. The highest BCUT2D eigenvalue weighted by Crippen LogP contribution is 2.03. The Hall–Kier alpha value is 0.120. The van der Waals surface area contributed by atoms with Crippen molar-refractivity contribution in [3.8, 4) is 0 Å². The predicted octanol–water partition coefficient (Wildman–Crippen LogP) is -3.11. The third-order valence-electron chi connectivity index (χ3n) is 0.499. The molecule has 0 spiro atoms. The quantitative estimate of drug-likeness (QED) is 0.365. The number of allylic oxidation sites excluding steroid dienone is 1. The standard InChI is InChI=1S/C5H8Cl2N.ClHO4/c1-8(2)4-3-5(6)7;2-1(3,4)5/h3-4H,1-2H3;(H,2,3,4,5)/q+1;/p-1. The molecule has 0 saturated heterocycles. The van der Waals surface area contributed by atoms with Gasteiger partial charge in [0.1, 0.15) is 18.6 Å². The molecule has 0 rings (SSSR count). The van der Waals surface area contributed by atoms with Crippen molar-refractivity contribution in [1.29, 1.82) is 0 Å². The van der Waals surface area contributed by atoms with Crippen molar-refractivity contribution < 1.29 is 33.5 Å². The van der Waals surface area contributed by atoms with Gasteiger partial charge in [-0.05, 0) is 0 Å². The molecule has 0 heterocycles. The monoisotopic (exact) mass is 251 g/mol. The van der Waals surface area contributed by atoms with Crippen LogP contribution >= 0.6 is 23.2 Å². The lowest BCUT2D eigenvalue weighted by Crippen LogP contribution is -2.68. The first kappa shape index (κ1) is 15.6. The molecule has 0 bridgehead atoms. The van der Waals surface area contributed by atoms with E-state index in [2.05, 4.69) is 0 Å². The van der Waals surface area contributed by atoms with E-state index in [9.17, 15) is 0 Å². The average Bonchev–Trinajstić information content (AvgIpc) is 1.79. The van der Waals surface area contributed by atoms with Gasteiger partial charge in [0.15, 0.2) is 6.21 Å². The SMILES string of the molecule is C[N+](C)=CC=C(Cl)Cl.[O-][Cl+3]([O-])([O-])[O-]. The number of rotatable bonds is 1. The number of hydrogen-bond acceptors (Lipinski definition) is 4. The molecule has 0 aliphatic heterocycles. The second-order valence-corrected chi connectivity index (χ2v) is 3.71. The lowest BCUT2D eigenvalue weighted by Gasteiger charge is -2.17. The van der Waals surface area contributed by atoms with E-state index in [1.165, 1.54) is 0 Å². The lowest BCUT2D eigenvalue weighted by molar-refractivity contribution is -2.00. The van der Waals surface area contributed by atoms with Crippen LogP contribution in [-0.2, 0) is 0 Å². The molecule has 0 aliphatic carbocycles. The first-order valence-electron chi connectivity index (χ1n) is 2.77. The summed E-state index contributed by atoms with van der Waals surface area (Å²) < 4.78 is 36.1. The second kappa shape index (κ2) is 7.52. The van der Waals surface area contributed by atoms with E-state index >= 15 is 0 Å². The summed E-state index contributed by atoms with van der Waals surface area (Å²) in [4.78, 5) is 0. The molecule has 8 heteroatoms. The van der Waals surface area contributed by atoms with E-state index < -0.39 is 10.2 Å². The first-order chi connectivity index (χ1) is 5.63. The zero-order valence-corrected chi connectivity index (χ0v) is 9.14. The fourth-order valence-corrected chi connectivity index (χ4v) is 0.318. The maximum Gasteiger partial charge on any atom is 0.165 e. The smallest absolute Gasteiger partial charge is 0.165 e. The van der Waals surface area contributed by atoms with E-state index in [-0.39, 0.29) is 4.49 Å². The molecular formula is C5H8Cl3NO4. The van der Waals surface area contributed by atoms with Gasteiger partial charge in [0.2, 0.25) is 0 Å². The molecule has 5 nitrogen and oxygen atoms in total. The average molecular weight is 252 g/mol. The minimum Gasteiger partial charge on any atom is -0.241 e. The number of nitrogens with zero attached hydrogens (tertiary/aromatic N) is 1. The second-order valence-electron chi connectivity index (χ2n) is 1.95. The van der Waals surface area contributed by atoms with Crippen LogP contribution in [0.2, 0.25) is 0 Å². The van der Waals surface area contributed by atoms with Crippen LogP contribution in [0.5, 0.6) is 0 Å². The highest BCUT2D eigenvalue weighted by Gasteiger charge is 1.84. The van der Waals surface area contributed by atoms with Crippen LogP contribution in [0.15, 0.2) is 10.6 Å². The fourth-order valence-electron chi connectivity index (χ4n) is 0.205. The zero-order chi connectivity index (χ0) is 11.1. The zero-order valence-electron chi connectivity index (χ0n) is 6.87. The highest BCUT2D eigenvalue weighted by molar-refractivity contribution is 6.56. The van der Waals surface area contributed by atoms with Crippen molar-refractivity contribution in [3.63, 3.8) is 0 Å². The number of hydrogen-bond donors (Lipinski definition) is 0. The van der Waals surface area contributed by atoms with Gasteiger partial charge in [-0.25, -0.2) is 23.2 Å². The fraction of sp³-hybridized carbons (Fsp3) is 0.400. The van der Waals surface area contributed by atoms with Crippen LogP contribution in [0, 0.1) is 10.2 Å². The van der Waals surface area contributed by atoms with E-state index in [0.717, 1.165) is 0 Å².